The van der Waals surface area contributed by atoms with Crippen molar-refractivity contribution in [3.8, 4) is 0 Å². The number of rotatable bonds is 5. The zero-order valence-corrected chi connectivity index (χ0v) is 10.7. The van der Waals surface area contributed by atoms with Gasteiger partial charge < -0.3 is 10.4 Å². The van der Waals surface area contributed by atoms with Gasteiger partial charge in [0.2, 0.25) is 0 Å². The molecule has 0 saturated carbocycles. The maximum Gasteiger partial charge on any atom is 0.0652 e. The maximum absolute atomic E-state index is 9.61. The Balaban J connectivity index is 2.95. The molecule has 0 spiro atoms. The van der Waals surface area contributed by atoms with Gasteiger partial charge in [-0.05, 0) is 32.8 Å². The monoisotopic (exact) mass is 221 g/mol. The number of aliphatic hydroxyl groups is 1. The molecule has 1 aromatic rings. The van der Waals surface area contributed by atoms with Gasteiger partial charge in [-0.25, -0.2) is 0 Å². The quantitative estimate of drug-likeness (QED) is 0.801. The molecule has 0 aliphatic rings. The molecule has 2 atom stereocenters. The topological polar surface area (TPSA) is 32.3 Å². The van der Waals surface area contributed by atoms with E-state index in [-0.39, 0.29) is 12.1 Å². The van der Waals surface area contributed by atoms with Crippen molar-refractivity contribution < 1.29 is 5.11 Å². The Morgan fingerprint density at radius 2 is 2.12 bits per heavy atom. The van der Waals surface area contributed by atoms with Gasteiger partial charge in [-0.3, -0.25) is 0 Å². The van der Waals surface area contributed by atoms with Crippen LogP contribution in [-0.2, 0) is 5.54 Å². The van der Waals surface area contributed by atoms with Gasteiger partial charge in [0.1, 0.15) is 0 Å². The first kappa shape index (κ1) is 13.2. The highest BCUT2D eigenvalue weighted by molar-refractivity contribution is 5.28. The fourth-order valence-electron chi connectivity index (χ4n) is 1.85. The fraction of sp³-hybridized carbons (Fsp3) is 0.571. The molecule has 90 valence electrons. The maximum atomic E-state index is 9.61. The highest BCUT2D eigenvalue weighted by Gasteiger charge is 2.26. The van der Waals surface area contributed by atoms with E-state index in [4.69, 9.17) is 0 Å². The van der Waals surface area contributed by atoms with E-state index >= 15 is 0 Å². The van der Waals surface area contributed by atoms with E-state index in [2.05, 4.69) is 44.3 Å². The summed E-state index contributed by atoms with van der Waals surface area (Å²) < 4.78 is 0. The molecule has 0 heterocycles. The van der Waals surface area contributed by atoms with Gasteiger partial charge >= 0.3 is 0 Å². The highest BCUT2D eigenvalue weighted by Crippen LogP contribution is 2.22. The lowest BCUT2D eigenvalue weighted by molar-refractivity contribution is 0.162. The molecular formula is C14H23NO. The summed E-state index contributed by atoms with van der Waals surface area (Å²) in [7, 11) is 0. The lowest BCUT2D eigenvalue weighted by Crippen LogP contribution is -2.47. The molecular weight excluding hydrogens is 198 g/mol. The van der Waals surface area contributed by atoms with Gasteiger partial charge in [0.25, 0.3) is 0 Å². The Labute approximate surface area is 98.7 Å². The van der Waals surface area contributed by atoms with E-state index in [9.17, 15) is 5.11 Å². The third-order valence-electron chi connectivity index (χ3n) is 3.15. The van der Waals surface area contributed by atoms with Crippen LogP contribution in [0, 0.1) is 6.92 Å². The zero-order valence-electron chi connectivity index (χ0n) is 10.7. The lowest BCUT2D eigenvalue weighted by Gasteiger charge is -2.33. The van der Waals surface area contributed by atoms with Crippen LogP contribution in [0.5, 0.6) is 0 Å². The first-order chi connectivity index (χ1) is 7.51. The van der Waals surface area contributed by atoms with Gasteiger partial charge in [-0.2, -0.15) is 0 Å². The molecule has 16 heavy (non-hydrogen) atoms. The molecule has 2 heteroatoms. The highest BCUT2D eigenvalue weighted by atomic mass is 16.3. The number of benzene rings is 1. The molecule has 1 rings (SSSR count). The van der Waals surface area contributed by atoms with Gasteiger partial charge in [0.05, 0.1) is 12.1 Å². The minimum Gasteiger partial charge on any atom is -0.394 e. The first-order valence-electron chi connectivity index (χ1n) is 5.97. The Bertz CT molecular complexity index is 337. The van der Waals surface area contributed by atoms with Gasteiger partial charge in [0, 0.05) is 6.04 Å². The van der Waals surface area contributed by atoms with Crippen molar-refractivity contribution in [2.24, 2.45) is 0 Å². The molecule has 1 aromatic carbocycles. The second kappa shape index (κ2) is 5.46. The smallest absolute Gasteiger partial charge is 0.0652 e. The van der Waals surface area contributed by atoms with Gasteiger partial charge in [0.15, 0.2) is 0 Å². The van der Waals surface area contributed by atoms with E-state index in [1.807, 2.05) is 13.0 Å². The number of aryl methyl sites for hydroxylation is 1. The first-order valence-corrected chi connectivity index (χ1v) is 5.97. The van der Waals surface area contributed by atoms with Crippen LogP contribution in [0.4, 0.5) is 0 Å². The molecule has 2 unspecified atom stereocenters. The summed E-state index contributed by atoms with van der Waals surface area (Å²) in [6.45, 7) is 8.52. The molecule has 0 bridgehead atoms. The zero-order chi connectivity index (χ0) is 12.2. The number of aliphatic hydroxyl groups excluding tert-OH is 1. The Kier molecular flexibility index (Phi) is 4.51. The van der Waals surface area contributed by atoms with Crippen LogP contribution >= 0.6 is 0 Å². The van der Waals surface area contributed by atoms with Crippen LogP contribution in [0.1, 0.15) is 38.3 Å². The van der Waals surface area contributed by atoms with E-state index in [1.165, 1.54) is 5.56 Å². The Morgan fingerprint density at radius 3 is 2.62 bits per heavy atom. The number of hydrogen-bond donors (Lipinski definition) is 2. The van der Waals surface area contributed by atoms with Crippen molar-refractivity contribution in [1.82, 2.24) is 5.32 Å². The summed E-state index contributed by atoms with van der Waals surface area (Å²) in [6, 6.07) is 8.71. The minimum atomic E-state index is -0.346. The molecule has 0 saturated heterocycles. The largest absolute Gasteiger partial charge is 0.394 e. The van der Waals surface area contributed by atoms with E-state index in [0.29, 0.717) is 6.04 Å². The molecule has 0 aliphatic heterocycles. The SMILES string of the molecule is CCC(C)NC(C)(CO)c1cccc(C)c1. The molecule has 0 fully saturated rings. The van der Waals surface area contributed by atoms with Gasteiger partial charge in [-0.15, -0.1) is 0 Å². The van der Waals surface area contributed by atoms with Crippen LogP contribution in [0.25, 0.3) is 0 Å². The molecule has 0 amide bonds. The van der Waals surface area contributed by atoms with Crippen LogP contribution < -0.4 is 5.32 Å². The Morgan fingerprint density at radius 1 is 1.44 bits per heavy atom. The molecule has 0 aliphatic carbocycles. The van der Waals surface area contributed by atoms with Crippen molar-refractivity contribution in [2.75, 3.05) is 6.61 Å². The molecule has 0 aromatic heterocycles. The summed E-state index contributed by atoms with van der Waals surface area (Å²) in [5.41, 5.74) is 2.03. The van der Waals surface area contributed by atoms with E-state index in [0.717, 1.165) is 12.0 Å². The molecule has 0 radical (unpaired) electrons. The summed E-state index contributed by atoms with van der Waals surface area (Å²) in [6.07, 6.45) is 1.06. The molecule has 2 N–H and O–H groups in total. The van der Waals surface area contributed by atoms with Crippen molar-refractivity contribution >= 4 is 0 Å². The Hall–Kier alpha value is -0.860. The van der Waals surface area contributed by atoms with Crippen LogP contribution in [0.15, 0.2) is 24.3 Å². The predicted molar refractivity (Wildman–Crippen MR) is 68.5 cm³/mol. The van der Waals surface area contributed by atoms with Crippen molar-refractivity contribution in [3.05, 3.63) is 35.4 Å². The third kappa shape index (κ3) is 3.06. The van der Waals surface area contributed by atoms with Crippen molar-refractivity contribution in [1.29, 1.82) is 0 Å². The number of nitrogens with one attached hydrogen (secondary N) is 1. The van der Waals surface area contributed by atoms with E-state index < -0.39 is 0 Å². The summed E-state index contributed by atoms with van der Waals surface area (Å²) in [5.74, 6) is 0. The molecule has 2 nitrogen and oxygen atoms in total. The summed E-state index contributed by atoms with van der Waals surface area (Å²) >= 11 is 0. The third-order valence-corrected chi connectivity index (χ3v) is 3.15. The lowest BCUT2D eigenvalue weighted by atomic mass is 9.90. The normalized spacial score (nSPS) is 16.8. The summed E-state index contributed by atoms with van der Waals surface area (Å²) in [4.78, 5) is 0. The second-order valence-electron chi connectivity index (χ2n) is 4.81. The van der Waals surface area contributed by atoms with Crippen LogP contribution in [0.2, 0.25) is 0 Å². The average molecular weight is 221 g/mol. The van der Waals surface area contributed by atoms with E-state index in [1.54, 1.807) is 0 Å². The number of hydrogen-bond acceptors (Lipinski definition) is 2. The second-order valence-corrected chi connectivity index (χ2v) is 4.81. The van der Waals surface area contributed by atoms with Crippen molar-refractivity contribution in [2.45, 2.75) is 45.7 Å². The van der Waals surface area contributed by atoms with Crippen molar-refractivity contribution in [3.63, 3.8) is 0 Å². The average Bonchev–Trinajstić information content (AvgIpc) is 2.28. The fourth-order valence-corrected chi connectivity index (χ4v) is 1.85. The predicted octanol–water partition coefficient (Wildman–Crippen LogP) is 2.59. The van der Waals surface area contributed by atoms with Crippen LogP contribution in [0.3, 0.4) is 0 Å². The summed E-state index contributed by atoms with van der Waals surface area (Å²) in [5, 5.41) is 13.1. The standard InChI is InChI=1S/C14H23NO/c1-5-12(3)15-14(4,10-16)13-8-6-7-11(2)9-13/h6-9,12,15-16H,5,10H2,1-4H3. The van der Waals surface area contributed by atoms with Crippen LogP contribution in [-0.4, -0.2) is 17.8 Å². The van der Waals surface area contributed by atoms with Gasteiger partial charge in [-0.1, -0.05) is 36.8 Å². The minimum absolute atomic E-state index is 0.112.